The van der Waals surface area contributed by atoms with E-state index < -0.39 is 11.6 Å². The van der Waals surface area contributed by atoms with Crippen molar-refractivity contribution in [2.45, 2.75) is 0 Å². The molecule has 1 aromatic carbocycles. The molecule has 0 saturated heterocycles. The molecule has 4 N–H and O–H groups in total. The van der Waals surface area contributed by atoms with Crippen molar-refractivity contribution in [3.05, 3.63) is 45.5 Å². The molecule has 0 aliphatic rings. The van der Waals surface area contributed by atoms with Crippen LogP contribution in [0.2, 0.25) is 0 Å². The van der Waals surface area contributed by atoms with E-state index in [9.17, 15) is 8.78 Å². The monoisotopic (exact) mass is 362 g/mol. The highest BCUT2D eigenvalue weighted by Crippen LogP contribution is 2.22. The number of hydrazine groups is 1. The van der Waals surface area contributed by atoms with E-state index in [4.69, 9.17) is 5.84 Å². The molecule has 1 heterocycles. The van der Waals surface area contributed by atoms with Crippen molar-refractivity contribution in [2.24, 2.45) is 5.84 Å². The van der Waals surface area contributed by atoms with E-state index in [2.05, 4.69) is 38.3 Å². The van der Waals surface area contributed by atoms with Crippen LogP contribution in [0.4, 0.5) is 26.1 Å². The van der Waals surface area contributed by atoms with Crippen LogP contribution in [0.1, 0.15) is 0 Å². The van der Waals surface area contributed by atoms with Crippen molar-refractivity contribution in [3.8, 4) is 0 Å². The molecule has 0 aliphatic carbocycles. The topological polar surface area (TPSA) is 63.0 Å². The average Bonchev–Trinajstić information content (AvgIpc) is 2.35. The molecule has 0 spiro atoms. The smallest absolute Gasteiger partial charge is 0.178 e. The minimum Gasteiger partial charge on any atom is -0.338 e. The maximum atomic E-state index is 13.5. The lowest BCUT2D eigenvalue weighted by Gasteiger charge is -2.09. The lowest BCUT2D eigenvalue weighted by molar-refractivity contribution is 0.579. The number of pyridine rings is 1. The van der Waals surface area contributed by atoms with Gasteiger partial charge in [-0.2, -0.15) is 0 Å². The number of hydrogen-bond acceptors (Lipinski definition) is 4. The van der Waals surface area contributed by atoms with E-state index >= 15 is 0 Å². The Hall–Kier alpha value is -1.48. The molecule has 94 valence electrons. The normalized spacial score (nSPS) is 10.2. The van der Waals surface area contributed by atoms with Gasteiger partial charge in [-0.3, -0.25) is 0 Å². The third-order valence-electron chi connectivity index (χ3n) is 2.17. The Morgan fingerprint density at radius 1 is 1.06 bits per heavy atom. The number of rotatable bonds is 3. The Morgan fingerprint density at radius 3 is 2.28 bits per heavy atom. The number of halogens is 3. The molecule has 0 unspecified atom stereocenters. The summed E-state index contributed by atoms with van der Waals surface area (Å²) in [7, 11) is 0. The molecule has 0 fully saturated rings. The zero-order valence-electron chi connectivity index (χ0n) is 9.05. The van der Waals surface area contributed by atoms with Gasteiger partial charge in [0.1, 0.15) is 0 Å². The fourth-order valence-corrected chi connectivity index (χ4v) is 1.68. The SMILES string of the molecule is NNc1nc(Nc2ccc(I)cc2)c(F)cc1F. The fraction of sp³-hybridized carbons (Fsp3) is 0. The number of nitrogens with two attached hydrogens (primary N) is 1. The molecule has 2 aromatic rings. The van der Waals surface area contributed by atoms with Gasteiger partial charge in [0.25, 0.3) is 0 Å². The Bertz CT molecular complexity index is 560. The van der Waals surface area contributed by atoms with E-state index in [1.54, 1.807) is 12.1 Å². The van der Waals surface area contributed by atoms with Crippen LogP contribution in [0.25, 0.3) is 0 Å². The second-order valence-electron chi connectivity index (χ2n) is 3.43. The Morgan fingerprint density at radius 2 is 1.67 bits per heavy atom. The van der Waals surface area contributed by atoms with Gasteiger partial charge in [-0.05, 0) is 46.9 Å². The number of hydrogen-bond donors (Lipinski definition) is 3. The molecule has 18 heavy (non-hydrogen) atoms. The zero-order chi connectivity index (χ0) is 13.1. The second kappa shape index (κ2) is 5.44. The van der Waals surface area contributed by atoms with Gasteiger partial charge in [-0.25, -0.2) is 19.6 Å². The molecule has 2 rings (SSSR count). The molecule has 0 atom stereocenters. The number of aromatic nitrogens is 1. The van der Waals surface area contributed by atoms with Crippen LogP contribution in [-0.2, 0) is 0 Å². The Kier molecular flexibility index (Phi) is 3.92. The number of benzene rings is 1. The standard InChI is InChI=1S/C11H9F2IN4/c12-8-5-9(13)11(18-15)17-10(8)16-7-3-1-6(14)2-4-7/h1-5H,15H2,(H2,16,17,18). The minimum absolute atomic E-state index is 0.0921. The number of nitrogens with zero attached hydrogens (tertiary/aromatic N) is 1. The highest BCUT2D eigenvalue weighted by molar-refractivity contribution is 14.1. The van der Waals surface area contributed by atoms with Gasteiger partial charge in [0, 0.05) is 15.3 Å². The summed E-state index contributed by atoms with van der Waals surface area (Å²) < 4.78 is 27.7. The van der Waals surface area contributed by atoms with Crippen molar-refractivity contribution < 1.29 is 8.78 Å². The first-order valence-electron chi connectivity index (χ1n) is 4.95. The van der Waals surface area contributed by atoms with Crippen LogP contribution < -0.4 is 16.6 Å². The van der Waals surface area contributed by atoms with Crippen LogP contribution >= 0.6 is 22.6 Å². The lowest BCUT2D eigenvalue weighted by atomic mass is 10.3. The molecule has 0 aliphatic heterocycles. The van der Waals surface area contributed by atoms with E-state index in [1.165, 1.54) is 0 Å². The fourth-order valence-electron chi connectivity index (χ4n) is 1.33. The summed E-state index contributed by atoms with van der Waals surface area (Å²) in [6.07, 6.45) is 0. The minimum atomic E-state index is -0.844. The van der Waals surface area contributed by atoms with Gasteiger partial charge in [0.2, 0.25) is 0 Å². The summed E-state index contributed by atoms with van der Waals surface area (Å²) in [6.45, 7) is 0. The quantitative estimate of drug-likeness (QED) is 0.446. The van der Waals surface area contributed by atoms with E-state index in [-0.39, 0.29) is 11.6 Å². The van der Waals surface area contributed by atoms with Crippen LogP contribution in [0, 0.1) is 15.2 Å². The molecular weight excluding hydrogens is 353 g/mol. The maximum absolute atomic E-state index is 13.5. The number of anilines is 3. The van der Waals surface area contributed by atoms with Crippen molar-refractivity contribution in [1.29, 1.82) is 0 Å². The summed E-state index contributed by atoms with van der Waals surface area (Å²) in [5, 5.41) is 2.75. The van der Waals surface area contributed by atoms with Gasteiger partial charge >= 0.3 is 0 Å². The molecule has 4 nitrogen and oxygen atoms in total. The maximum Gasteiger partial charge on any atom is 0.178 e. The molecular formula is C11H9F2IN4. The van der Waals surface area contributed by atoms with Gasteiger partial charge in [-0.15, -0.1) is 0 Å². The van der Waals surface area contributed by atoms with E-state index in [0.29, 0.717) is 5.69 Å². The molecule has 0 saturated carbocycles. The highest BCUT2D eigenvalue weighted by Gasteiger charge is 2.11. The molecule has 0 bridgehead atoms. The van der Waals surface area contributed by atoms with Gasteiger partial charge in [0.05, 0.1) is 0 Å². The summed E-state index contributed by atoms with van der Waals surface area (Å²) >= 11 is 2.16. The van der Waals surface area contributed by atoms with Gasteiger partial charge in [-0.1, -0.05) is 0 Å². The molecule has 7 heteroatoms. The third-order valence-corrected chi connectivity index (χ3v) is 2.89. The summed E-state index contributed by atoms with van der Waals surface area (Å²) in [5.74, 6) is 3.14. The summed E-state index contributed by atoms with van der Waals surface area (Å²) in [6, 6.07) is 7.96. The van der Waals surface area contributed by atoms with Crippen molar-refractivity contribution in [3.63, 3.8) is 0 Å². The van der Waals surface area contributed by atoms with Crippen molar-refractivity contribution >= 4 is 39.9 Å². The average molecular weight is 362 g/mol. The predicted molar refractivity (Wildman–Crippen MR) is 74.4 cm³/mol. The van der Waals surface area contributed by atoms with Crippen molar-refractivity contribution in [2.75, 3.05) is 10.7 Å². The number of nitrogen functional groups attached to an aromatic ring is 1. The van der Waals surface area contributed by atoms with Crippen LogP contribution in [0.5, 0.6) is 0 Å². The first-order valence-corrected chi connectivity index (χ1v) is 6.03. The first kappa shape index (κ1) is 13.0. The Labute approximate surface area is 116 Å². The van der Waals surface area contributed by atoms with Crippen LogP contribution in [-0.4, -0.2) is 4.98 Å². The zero-order valence-corrected chi connectivity index (χ0v) is 11.2. The Balaban J connectivity index is 2.31. The molecule has 1 aromatic heterocycles. The summed E-state index contributed by atoms with van der Waals surface area (Å²) in [5.41, 5.74) is 2.71. The number of nitrogens with one attached hydrogen (secondary N) is 2. The molecule has 0 amide bonds. The van der Waals surface area contributed by atoms with Crippen molar-refractivity contribution in [1.82, 2.24) is 4.98 Å². The predicted octanol–water partition coefficient (Wildman–Crippen LogP) is 2.99. The van der Waals surface area contributed by atoms with E-state index in [1.807, 2.05) is 12.1 Å². The van der Waals surface area contributed by atoms with E-state index in [0.717, 1.165) is 9.64 Å². The van der Waals surface area contributed by atoms with Gasteiger partial charge < -0.3 is 10.7 Å². The van der Waals surface area contributed by atoms with Crippen LogP contribution in [0.15, 0.2) is 30.3 Å². The lowest BCUT2D eigenvalue weighted by Crippen LogP contribution is -2.12. The third kappa shape index (κ3) is 2.85. The van der Waals surface area contributed by atoms with Gasteiger partial charge in [0.15, 0.2) is 23.3 Å². The second-order valence-corrected chi connectivity index (χ2v) is 4.67. The first-order chi connectivity index (χ1) is 8.60. The molecule has 0 radical (unpaired) electrons. The van der Waals surface area contributed by atoms with Crippen LogP contribution in [0.3, 0.4) is 0 Å². The largest absolute Gasteiger partial charge is 0.338 e. The highest BCUT2D eigenvalue weighted by atomic mass is 127. The summed E-state index contributed by atoms with van der Waals surface area (Å²) in [4.78, 5) is 3.71.